The third-order valence-corrected chi connectivity index (χ3v) is 5.34. The fourth-order valence-electron chi connectivity index (χ4n) is 3.41. The van der Waals surface area contributed by atoms with Crippen LogP contribution in [0.2, 0.25) is 0 Å². The van der Waals surface area contributed by atoms with Crippen molar-refractivity contribution >= 4 is 28.4 Å². The first-order chi connectivity index (χ1) is 15.4. The minimum atomic E-state index is -0.233. The van der Waals surface area contributed by atoms with Crippen molar-refractivity contribution in [3.63, 3.8) is 0 Å². The average molecular weight is 434 g/mol. The number of nitrogens with zero attached hydrogens (tertiary/aromatic N) is 2. The molecule has 1 fully saturated rings. The Hall–Kier alpha value is -3.68. The minimum absolute atomic E-state index is 0.0149. The standard InChI is InChI=1S/C24H26N4O4/c1-15(2)28(13-21-26-20-9-4-3-8-19(20)24(31)27-21)22(29)14-32-18-7-5-6-17(12-18)25-23(30)16-10-11-16/h3-9,12,15-16H,10-11,13-14H2,1-2H3,(H,25,30)(H,26,27,31). The molecule has 1 aliphatic rings. The molecule has 1 aliphatic carbocycles. The zero-order valence-electron chi connectivity index (χ0n) is 18.1. The Balaban J connectivity index is 1.42. The topological polar surface area (TPSA) is 104 Å². The summed E-state index contributed by atoms with van der Waals surface area (Å²) in [4.78, 5) is 46.0. The van der Waals surface area contributed by atoms with E-state index < -0.39 is 0 Å². The van der Waals surface area contributed by atoms with Gasteiger partial charge in [-0.05, 0) is 51.0 Å². The van der Waals surface area contributed by atoms with E-state index in [4.69, 9.17) is 4.74 Å². The number of carbonyl (C=O) groups excluding carboxylic acids is 2. The second kappa shape index (κ2) is 9.21. The number of ether oxygens (including phenoxy) is 1. The van der Waals surface area contributed by atoms with Gasteiger partial charge in [0, 0.05) is 23.7 Å². The van der Waals surface area contributed by atoms with E-state index in [0.717, 1.165) is 12.8 Å². The highest BCUT2D eigenvalue weighted by Gasteiger charge is 2.29. The number of anilines is 1. The van der Waals surface area contributed by atoms with Crippen LogP contribution in [-0.2, 0) is 16.1 Å². The van der Waals surface area contributed by atoms with Crippen molar-refractivity contribution in [3.8, 4) is 5.75 Å². The molecule has 0 spiro atoms. The molecular weight excluding hydrogens is 408 g/mol. The molecular formula is C24H26N4O4. The molecule has 0 bridgehead atoms. The maximum absolute atomic E-state index is 12.9. The second-order valence-corrected chi connectivity index (χ2v) is 8.23. The quantitative estimate of drug-likeness (QED) is 0.567. The summed E-state index contributed by atoms with van der Waals surface area (Å²) < 4.78 is 5.69. The highest BCUT2D eigenvalue weighted by Crippen LogP contribution is 2.30. The van der Waals surface area contributed by atoms with Crippen LogP contribution in [0.5, 0.6) is 5.75 Å². The van der Waals surface area contributed by atoms with Gasteiger partial charge in [0.15, 0.2) is 6.61 Å². The number of para-hydroxylation sites is 1. The average Bonchev–Trinajstić information content (AvgIpc) is 3.62. The minimum Gasteiger partial charge on any atom is -0.484 e. The van der Waals surface area contributed by atoms with Gasteiger partial charge >= 0.3 is 0 Å². The van der Waals surface area contributed by atoms with E-state index in [1.807, 2.05) is 19.9 Å². The Bertz CT molecular complexity index is 1200. The van der Waals surface area contributed by atoms with Gasteiger partial charge in [-0.25, -0.2) is 4.98 Å². The van der Waals surface area contributed by atoms with Gasteiger partial charge in [0.05, 0.1) is 17.4 Å². The van der Waals surface area contributed by atoms with Gasteiger partial charge in [-0.2, -0.15) is 0 Å². The third-order valence-electron chi connectivity index (χ3n) is 5.34. The zero-order valence-corrected chi connectivity index (χ0v) is 18.1. The maximum Gasteiger partial charge on any atom is 0.261 e. The molecule has 1 saturated carbocycles. The molecule has 2 aromatic carbocycles. The SMILES string of the molecule is CC(C)N(Cc1nc2ccccc2c(=O)[nH]1)C(=O)COc1cccc(NC(=O)C2CC2)c1. The van der Waals surface area contributed by atoms with E-state index in [1.165, 1.54) is 0 Å². The van der Waals surface area contributed by atoms with Crippen LogP contribution in [0, 0.1) is 5.92 Å². The molecule has 32 heavy (non-hydrogen) atoms. The molecule has 2 amide bonds. The lowest BCUT2D eigenvalue weighted by Gasteiger charge is -2.26. The first-order valence-corrected chi connectivity index (χ1v) is 10.7. The van der Waals surface area contributed by atoms with E-state index in [9.17, 15) is 14.4 Å². The summed E-state index contributed by atoms with van der Waals surface area (Å²) >= 11 is 0. The molecule has 166 valence electrons. The second-order valence-electron chi connectivity index (χ2n) is 8.23. The van der Waals surface area contributed by atoms with Crippen LogP contribution in [0.15, 0.2) is 53.3 Å². The number of aromatic nitrogens is 2. The lowest BCUT2D eigenvalue weighted by atomic mass is 10.2. The van der Waals surface area contributed by atoms with Crippen LogP contribution in [0.4, 0.5) is 5.69 Å². The monoisotopic (exact) mass is 434 g/mol. The summed E-state index contributed by atoms with van der Waals surface area (Å²) in [5.41, 5.74) is 0.997. The predicted octanol–water partition coefficient (Wildman–Crippen LogP) is 3.09. The molecule has 1 aromatic heterocycles. The molecule has 0 saturated heterocycles. The normalized spacial score (nSPS) is 13.2. The number of carbonyl (C=O) groups is 2. The van der Waals surface area contributed by atoms with Gasteiger partial charge in [-0.3, -0.25) is 14.4 Å². The van der Waals surface area contributed by atoms with Gasteiger partial charge in [0.1, 0.15) is 11.6 Å². The number of H-pyrrole nitrogens is 1. The zero-order chi connectivity index (χ0) is 22.7. The van der Waals surface area contributed by atoms with Crippen LogP contribution < -0.4 is 15.6 Å². The van der Waals surface area contributed by atoms with Crippen molar-refractivity contribution in [2.45, 2.75) is 39.3 Å². The predicted molar refractivity (Wildman–Crippen MR) is 121 cm³/mol. The first-order valence-electron chi connectivity index (χ1n) is 10.7. The highest BCUT2D eigenvalue weighted by atomic mass is 16.5. The molecule has 3 aromatic rings. The summed E-state index contributed by atoms with van der Waals surface area (Å²) in [6, 6.07) is 14.0. The van der Waals surface area contributed by atoms with Gasteiger partial charge in [-0.15, -0.1) is 0 Å². The van der Waals surface area contributed by atoms with Crippen LogP contribution in [0.3, 0.4) is 0 Å². The molecule has 0 aliphatic heterocycles. The summed E-state index contributed by atoms with van der Waals surface area (Å²) in [6.45, 7) is 3.78. The van der Waals surface area contributed by atoms with Gasteiger partial charge < -0.3 is 19.9 Å². The molecule has 0 radical (unpaired) electrons. The lowest BCUT2D eigenvalue weighted by molar-refractivity contribution is -0.135. The van der Waals surface area contributed by atoms with Crippen LogP contribution >= 0.6 is 0 Å². The largest absolute Gasteiger partial charge is 0.484 e. The van der Waals surface area contributed by atoms with E-state index >= 15 is 0 Å². The number of benzene rings is 2. The Morgan fingerprint density at radius 2 is 1.97 bits per heavy atom. The molecule has 8 nitrogen and oxygen atoms in total. The Morgan fingerprint density at radius 1 is 1.19 bits per heavy atom. The number of rotatable bonds is 8. The summed E-state index contributed by atoms with van der Waals surface area (Å²) in [5, 5.41) is 3.38. The van der Waals surface area contributed by atoms with Crippen molar-refractivity contribution in [1.82, 2.24) is 14.9 Å². The van der Waals surface area contributed by atoms with Crippen LogP contribution in [0.1, 0.15) is 32.5 Å². The van der Waals surface area contributed by atoms with E-state index in [-0.39, 0.29) is 42.5 Å². The van der Waals surface area contributed by atoms with Crippen molar-refractivity contribution in [2.75, 3.05) is 11.9 Å². The Morgan fingerprint density at radius 3 is 2.72 bits per heavy atom. The lowest BCUT2D eigenvalue weighted by Crippen LogP contribution is -2.40. The van der Waals surface area contributed by atoms with E-state index in [2.05, 4.69) is 15.3 Å². The number of hydrogen-bond acceptors (Lipinski definition) is 5. The van der Waals surface area contributed by atoms with Crippen molar-refractivity contribution in [3.05, 3.63) is 64.7 Å². The summed E-state index contributed by atoms with van der Waals surface area (Å²) in [6.07, 6.45) is 1.86. The van der Waals surface area contributed by atoms with Gasteiger partial charge in [-0.1, -0.05) is 18.2 Å². The fourth-order valence-corrected chi connectivity index (χ4v) is 3.41. The van der Waals surface area contributed by atoms with Crippen LogP contribution in [-0.4, -0.2) is 39.3 Å². The highest BCUT2D eigenvalue weighted by molar-refractivity contribution is 5.94. The molecule has 2 N–H and O–H groups in total. The summed E-state index contributed by atoms with van der Waals surface area (Å²) in [7, 11) is 0. The number of amides is 2. The Labute approximate surface area is 185 Å². The molecule has 4 rings (SSSR count). The molecule has 1 heterocycles. The first kappa shape index (κ1) is 21.5. The number of nitrogens with one attached hydrogen (secondary N) is 2. The summed E-state index contributed by atoms with van der Waals surface area (Å²) in [5.74, 6) is 0.800. The van der Waals surface area contributed by atoms with E-state index in [1.54, 1.807) is 47.4 Å². The smallest absolute Gasteiger partial charge is 0.261 e. The van der Waals surface area contributed by atoms with E-state index in [0.29, 0.717) is 28.2 Å². The van der Waals surface area contributed by atoms with Gasteiger partial charge in [0.25, 0.3) is 11.5 Å². The fraction of sp³-hybridized carbons (Fsp3) is 0.333. The van der Waals surface area contributed by atoms with Gasteiger partial charge in [0.2, 0.25) is 5.91 Å². The Kier molecular flexibility index (Phi) is 6.20. The number of fused-ring (bicyclic) bond motifs is 1. The van der Waals surface area contributed by atoms with Crippen LogP contribution in [0.25, 0.3) is 10.9 Å². The molecule has 8 heteroatoms. The molecule has 0 unspecified atom stereocenters. The van der Waals surface area contributed by atoms with Crippen molar-refractivity contribution in [1.29, 1.82) is 0 Å². The van der Waals surface area contributed by atoms with Crippen molar-refractivity contribution in [2.24, 2.45) is 5.92 Å². The molecule has 0 atom stereocenters. The van der Waals surface area contributed by atoms with Crippen molar-refractivity contribution < 1.29 is 14.3 Å². The number of hydrogen-bond donors (Lipinski definition) is 2. The number of aromatic amines is 1. The third kappa shape index (κ3) is 5.14. The maximum atomic E-state index is 12.9.